The zero-order valence-electron chi connectivity index (χ0n) is 12.0. The van der Waals surface area contributed by atoms with Gasteiger partial charge in [-0.05, 0) is 6.42 Å². The minimum atomic E-state index is -0.253. The van der Waals surface area contributed by atoms with Gasteiger partial charge in [-0.2, -0.15) is 0 Å². The van der Waals surface area contributed by atoms with Gasteiger partial charge in [-0.3, -0.25) is 10.1 Å². The van der Waals surface area contributed by atoms with Gasteiger partial charge in [0.05, 0.1) is 11.3 Å². The molecule has 6 heteroatoms. The molecule has 0 unspecified atom stereocenters. The molecule has 5 nitrogen and oxygen atoms in total. The predicted octanol–water partition coefficient (Wildman–Crippen LogP) is 3.41. The lowest BCUT2D eigenvalue weighted by atomic mass is 10.2. The molecule has 0 saturated carbocycles. The molecule has 2 heterocycles. The van der Waals surface area contributed by atoms with E-state index >= 15 is 0 Å². The van der Waals surface area contributed by atoms with E-state index in [0.717, 1.165) is 17.7 Å². The van der Waals surface area contributed by atoms with Crippen LogP contribution in [0.3, 0.4) is 0 Å². The Labute approximate surface area is 132 Å². The van der Waals surface area contributed by atoms with Crippen molar-refractivity contribution >= 4 is 22.4 Å². The summed E-state index contributed by atoms with van der Waals surface area (Å²) in [6.45, 7) is 2.02. The quantitative estimate of drug-likeness (QED) is 0.802. The normalized spacial score (nSPS) is 10.4. The zero-order chi connectivity index (χ0) is 15.4. The number of thiazole rings is 1. The summed E-state index contributed by atoms with van der Waals surface area (Å²) in [5, 5.41) is 5.29. The summed E-state index contributed by atoms with van der Waals surface area (Å²) in [7, 11) is 0. The molecule has 0 atom stereocenters. The van der Waals surface area contributed by atoms with E-state index in [0.29, 0.717) is 16.5 Å². The third-order valence-electron chi connectivity index (χ3n) is 3.08. The summed E-state index contributed by atoms with van der Waals surface area (Å²) in [6, 6.07) is 9.64. The van der Waals surface area contributed by atoms with E-state index in [9.17, 15) is 4.79 Å². The minimum Gasteiger partial charge on any atom is -0.298 e. The Morgan fingerprint density at radius 3 is 2.55 bits per heavy atom. The number of amides is 1. The van der Waals surface area contributed by atoms with Crippen LogP contribution in [0.25, 0.3) is 11.4 Å². The van der Waals surface area contributed by atoms with Gasteiger partial charge in [0.15, 0.2) is 11.0 Å². The predicted molar refractivity (Wildman–Crippen MR) is 86.9 cm³/mol. The molecule has 0 aliphatic heterocycles. The Kier molecular flexibility index (Phi) is 4.20. The highest BCUT2D eigenvalue weighted by molar-refractivity contribution is 7.13. The molecule has 0 aliphatic carbocycles. The molecule has 0 bridgehead atoms. The average Bonchev–Trinajstić information content (AvgIpc) is 3.03. The third kappa shape index (κ3) is 3.17. The van der Waals surface area contributed by atoms with Gasteiger partial charge in [-0.25, -0.2) is 15.0 Å². The van der Waals surface area contributed by atoms with Crippen molar-refractivity contribution in [3.05, 3.63) is 59.4 Å². The molecule has 1 N–H and O–H groups in total. The number of nitrogens with zero attached hydrogens (tertiary/aromatic N) is 3. The molecule has 0 aliphatic rings. The van der Waals surface area contributed by atoms with Gasteiger partial charge >= 0.3 is 0 Å². The number of hydrogen-bond acceptors (Lipinski definition) is 5. The van der Waals surface area contributed by atoms with E-state index < -0.39 is 0 Å². The van der Waals surface area contributed by atoms with E-state index in [-0.39, 0.29) is 5.91 Å². The number of anilines is 1. The van der Waals surface area contributed by atoms with Crippen LogP contribution < -0.4 is 5.32 Å². The molecule has 1 aromatic carbocycles. The molecular formula is C16H14N4OS. The summed E-state index contributed by atoms with van der Waals surface area (Å²) in [5.74, 6) is 0.344. The summed E-state index contributed by atoms with van der Waals surface area (Å²) in [6.07, 6.45) is 3.90. The molecule has 0 saturated heterocycles. The van der Waals surface area contributed by atoms with Crippen molar-refractivity contribution in [3.63, 3.8) is 0 Å². The average molecular weight is 310 g/mol. The second kappa shape index (κ2) is 6.44. The van der Waals surface area contributed by atoms with Crippen LogP contribution in [0.5, 0.6) is 0 Å². The van der Waals surface area contributed by atoms with Crippen molar-refractivity contribution in [2.45, 2.75) is 13.3 Å². The Balaban J connectivity index is 1.73. The molecule has 3 rings (SSSR count). The molecule has 1 amide bonds. The summed E-state index contributed by atoms with van der Waals surface area (Å²) in [5.41, 5.74) is 2.30. The van der Waals surface area contributed by atoms with E-state index in [4.69, 9.17) is 0 Å². The van der Waals surface area contributed by atoms with Crippen molar-refractivity contribution in [1.82, 2.24) is 15.0 Å². The highest BCUT2D eigenvalue weighted by atomic mass is 32.1. The summed E-state index contributed by atoms with van der Waals surface area (Å²) >= 11 is 1.41. The largest absolute Gasteiger partial charge is 0.298 e. The fraction of sp³-hybridized carbons (Fsp3) is 0.125. The first kappa shape index (κ1) is 14.3. The van der Waals surface area contributed by atoms with Crippen LogP contribution in [0.2, 0.25) is 0 Å². The Bertz CT molecular complexity index is 768. The number of rotatable bonds is 4. The van der Waals surface area contributed by atoms with Crippen LogP contribution in [0.15, 0.2) is 48.1 Å². The van der Waals surface area contributed by atoms with Crippen molar-refractivity contribution in [2.24, 2.45) is 0 Å². The van der Waals surface area contributed by atoms with Crippen molar-refractivity contribution in [2.75, 3.05) is 5.32 Å². The van der Waals surface area contributed by atoms with E-state index in [2.05, 4.69) is 20.3 Å². The number of hydrogen-bond donors (Lipinski definition) is 1. The Morgan fingerprint density at radius 1 is 1.18 bits per heavy atom. The summed E-state index contributed by atoms with van der Waals surface area (Å²) < 4.78 is 0. The van der Waals surface area contributed by atoms with E-state index in [1.165, 1.54) is 23.7 Å². The second-order valence-corrected chi connectivity index (χ2v) is 5.47. The van der Waals surface area contributed by atoms with Crippen molar-refractivity contribution in [1.29, 1.82) is 0 Å². The molecule has 2 aromatic heterocycles. The van der Waals surface area contributed by atoms with Crippen LogP contribution in [0, 0.1) is 0 Å². The Hall–Kier alpha value is -2.60. The van der Waals surface area contributed by atoms with Crippen LogP contribution in [-0.2, 0) is 6.42 Å². The zero-order valence-corrected chi connectivity index (χ0v) is 12.8. The van der Waals surface area contributed by atoms with E-state index in [1.807, 2.05) is 42.6 Å². The van der Waals surface area contributed by atoms with Gasteiger partial charge in [0.25, 0.3) is 5.91 Å². The van der Waals surface area contributed by atoms with Gasteiger partial charge in [-0.15, -0.1) is 11.3 Å². The molecule has 0 fully saturated rings. The van der Waals surface area contributed by atoms with Gasteiger partial charge in [0, 0.05) is 23.3 Å². The Morgan fingerprint density at radius 2 is 1.91 bits per heavy atom. The van der Waals surface area contributed by atoms with Crippen LogP contribution >= 0.6 is 11.3 Å². The van der Waals surface area contributed by atoms with Crippen LogP contribution in [0.4, 0.5) is 5.13 Å². The number of carbonyl (C=O) groups is 1. The first-order valence-corrected chi connectivity index (χ1v) is 7.77. The van der Waals surface area contributed by atoms with Crippen LogP contribution in [-0.4, -0.2) is 20.9 Å². The maximum absolute atomic E-state index is 12.1. The fourth-order valence-corrected chi connectivity index (χ4v) is 2.67. The maximum Gasteiger partial charge on any atom is 0.260 e. The summed E-state index contributed by atoms with van der Waals surface area (Å²) in [4.78, 5) is 24.9. The molecule has 110 valence electrons. The smallest absolute Gasteiger partial charge is 0.260 e. The number of carbonyl (C=O) groups excluding carboxylic acids is 1. The van der Waals surface area contributed by atoms with Gasteiger partial charge < -0.3 is 0 Å². The lowest BCUT2D eigenvalue weighted by molar-refractivity contribution is 0.102. The minimum absolute atomic E-state index is 0.253. The molecule has 22 heavy (non-hydrogen) atoms. The number of aryl methyl sites for hydroxylation is 1. The lowest BCUT2D eigenvalue weighted by Crippen LogP contribution is -2.12. The van der Waals surface area contributed by atoms with Gasteiger partial charge in [0.2, 0.25) is 0 Å². The number of aromatic nitrogens is 3. The SMILES string of the molecule is CCc1csc(NC(=O)c2cnc(-c3ccccc3)nc2)n1. The first-order valence-electron chi connectivity index (χ1n) is 6.89. The van der Waals surface area contributed by atoms with Crippen LogP contribution in [0.1, 0.15) is 23.0 Å². The third-order valence-corrected chi connectivity index (χ3v) is 3.89. The van der Waals surface area contributed by atoms with Gasteiger partial charge in [-0.1, -0.05) is 37.3 Å². The van der Waals surface area contributed by atoms with Crippen molar-refractivity contribution < 1.29 is 4.79 Å². The maximum atomic E-state index is 12.1. The first-order chi connectivity index (χ1) is 10.8. The molecule has 0 spiro atoms. The highest BCUT2D eigenvalue weighted by Gasteiger charge is 2.10. The topological polar surface area (TPSA) is 67.8 Å². The number of benzene rings is 1. The van der Waals surface area contributed by atoms with Crippen molar-refractivity contribution in [3.8, 4) is 11.4 Å². The molecular weight excluding hydrogens is 296 g/mol. The monoisotopic (exact) mass is 310 g/mol. The fourth-order valence-electron chi connectivity index (χ4n) is 1.88. The molecule has 0 radical (unpaired) electrons. The number of nitrogens with one attached hydrogen (secondary N) is 1. The van der Waals surface area contributed by atoms with Gasteiger partial charge in [0.1, 0.15) is 0 Å². The highest BCUT2D eigenvalue weighted by Crippen LogP contribution is 2.17. The second-order valence-electron chi connectivity index (χ2n) is 4.61. The lowest BCUT2D eigenvalue weighted by Gasteiger charge is -2.03. The van der Waals surface area contributed by atoms with E-state index in [1.54, 1.807) is 0 Å². The molecule has 3 aromatic rings. The standard InChI is InChI=1S/C16H14N4OS/c1-2-13-10-22-16(19-13)20-15(21)12-8-17-14(18-9-12)11-6-4-3-5-7-11/h3-10H,2H2,1H3,(H,19,20,21).